The van der Waals surface area contributed by atoms with Gasteiger partial charge < -0.3 is 21.3 Å². The lowest BCUT2D eigenvalue weighted by Crippen LogP contribution is -2.20. The monoisotopic (exact) mass is 265 g/mol. The van der Waals surface area contributed by atoms with Crippen molar-refractivity contribution < 1.29 is 27.8 Å². The molecule has 0 atom stereocenters. The van der Waals surface area contributed by atoms with Gasteiger partial charge in [-0.15, -0.1) is 13.2 Å². The summed E-state index contributed by atoms with van der Waals surface area (Å²) in [5, 5.41) is 8.59. The maximum atomic E-state index is 12.0. The van der Waals surface area contributed by atoms with E-state index >= 15 is 0 Å². The zero-order valence-electron chi connectivity index (χ0n) is 8.99. The Morgan fingerprint density at radius 1 is 1.50 bits per heavy atom. The fourth-order valence-electron chi connectivity index (χ4n) is 1.26. The SMILES string of the molecule is NCc1cc(OC(F)(F)F)nc(CC(=O)O)c1N. The van der Waals surface area contributed by atoms with Crippen LogP contribution in [0.15, 0.2) is 6.07 Å². The first kappa shape index (κ1) is 14.0. The molecule has 0 saturated heterocycles. The Bertz CT molecular complexity index is 462. The molecule has 1 heterocycles. The normalized spacial score (nSPS) is 11.3. The Kier molecular flexibility index (Phi) is 3.96. The average molecular weight is 265 g/mol. The number of anilines is 1. The van der Waals surface area contributed by atoms with E-state index in [1.807, 2.05) is 0 Å². The number of aromatic nitrogens is 1. The van der Waals surface area contributed by atoms with Crippen LogP contribution in [0.25, 0.3) is 0 Å². The first-order valence-corrected chi connectivity index (χ1v) is 4.69. The van der Waals surface area contributed by atoms with E-state index in [0.717, 1.165) is 6.07 Å². The molecule has 1 aromatic rings. The molecule has 9 heteroatoms. The molecule has 0 bridgehead atoms. The van der Waals surface area contributed by atoms with Gasteiger partial charge in [0.15, 0.2) is 0 Å². The molecule has 0 aromatic carbocycles. The number of nitrogen functional groups attached to an aromatic ring is 1. The highest BCUT2D eigenvalue weighted by Gasteiger charge is 2.32. The van der Waals surface area contributed by atoms with Crippen LogP contribution in [0.2, 0.25) is 0 Å². The van der Waals surface area contributed by atoms with Crippen molar-refractivity contribution in [2.45, 2.75) is 19.3 Å². The van der Waals surface area contributed by atoms with E-state index in [-0.39, 0.29) is 23.5 Å². The highest BCUT2D eigenvalue weighted by atomic mass is 19.4. The molecule has 18 heavy (non-hydrogen) atoms. The molecule has 5 N–H and O–H groups in total. The van der Waals surface area contributed by atoms with Gasteiger partial charge >= 0.3 is 12.3 Å². The molecular formula is C9H10F3N3O3. The fourth-order valence-corrected chi connectivity index (χ4v) is 1.26. The Hall–Kier alpha value is -2.03. The fraction of sp³-hybridized carbons (Fsp3) is 0.333. The van der Waals surface area contributed by atoms with Gasteiger partial charge in [0.25, 0.3) is 0 Å². The third-order valence-corrected chi connectivity index (χ3v) is 1.96. The number of pyridine rings is 1. The molecule has 0 aliphatic heterocycles. The number of aliphatic carboxylic acids is 1. The lowest BCUT2D eigenvalue weighted by molar-refractivity contribution is -0.276. The number of carbonyl (C=O) groups is 1. The largest absolute Gasteiger partial charge is 0.574 e. The topological polar surface area (TPSA) is 111 Å². The van der Waals surface area contributed by atoms with Crippen molar-refractivity contribution >= 4 is 11.7 Å². The lowest BCUT2D eigenvalue weighted by atomic mass is 10.1. The van der Waals surface area contributed by atoms with Crippen LogP contribution < -0.4 is 16.2 Å². The molecule has 0 unspecified atom stereocenters. The predicted octanol–water partition coefficient (Wildman–Crippen LogP) is 0.648. The van der Waals surface area contributed by atoms with Crippen LogP contribution >= 0.6 is 0 Å². The van der Waals surface area contributed by atoms with Crippen molar-refractivity contribution in [2.24, 2.45) is 5.73 Å². The number of hydrogen-bond donors (Lipinski definition) is 3. The van der Waals surface area contributed by atoms with Crippen LogP contribution in [0, 0.1) is 0 Å². The van der Waals surface area contributed by atoms with Crippen LogP contribution in [0.5, 0.6) is 5.88 Å². The summed E-state index contributed by atoms with van der Waals surface area (Å²) < 4.78 is 39.7. The van der Waals surface area contributed by atoms with Crippen molar-refractivity contribution in [1.29, 1.82) is 0 Å². The van der Waals surface area contributed by atoms with E-state index in [1.165, 1.54) is 0 Å². The molecule has 1 rings (SSSR count). The van der Waals surface area contributed by atoms with Gasteiger partial charge in [0.05, 0.1) is 17.8 Å². The second kappa shape index (κ2) is 5.08. The van der Waals surface area contributed by atoms with Gasteiger partial charge in [-0.2, -0.15) is 0 Å². The number of alkyl halides is 3. The summed E-state index contributed by atoms with van der Waals surface area (Å²) in [4.78, 5) is 13.9. The third kappa shape index (κ3) is 3.77. The average Bonchev–Trinajstić information content (AvgIpc) is 2.19. The van der Waals surface area contributed by atoms with Crippen molar-refractivity contribution in [1.82, 2.24) is 4.98 Å². The Labute approximate surface area is 99.4 Å². The van der Waals surface area contributed by atoms with Crippen molar-refractivity contribution in [3.8, 4) is 5.88 Å². The van der Waals surface area contributed by atoms with Crippen molar-refractivity contribution in [3.63, 3.8) is 0 Å². The molecule has 0 saturated carbocycles. The number of hydrogen-bond acceptors (Lipinski definition) is 5. The summed E-state index contributed by atoms with van der Waals surface area (Å²) in [6.45, 7) is -0.158. The van der Waals surface area contributed by atoms with Gasteiger partial charge in [-0.05, 0) is 5.56 Å². The summed E-state index contributed by atoms with van der Waals surface area (Å²) in [5.41, 5.74) is 10.7. The van der Waals surface area contributed by atoms with Crippen LogP contribution in [0.1, 0.15) is 11.3 Å². The second-order valence-corrected chi connectivity index (χ2v) is 3.30. The molecule has 6 nitrogen and oxygen atoms in total. The zero-order valence-corrected chi connectivity index (χ0v) is 8.99. The number of rotatable bonds is 4. The summed E-state index contributed by atoms with van der Waals surface area (Å²) in [5.74, 6) is -2.06. The second-order valence-electron chi connectivity index (χ2n) is 3.30. The standard InChI is InChI=1S/C9H10F3N3O3/c10-9(11,12)18-6-1-4(3-13)8(14)5(15-6)2-7(16)17/h1H,2-3,13-14H2,(H,16,17). The van der Waals surface area contributed by atoms with Crippen LogP contribution in [0.4, 0.5) is 18.9 Å². The Balaban J connectivity index is 3.17. The number of carboxylic acids is 1. The van der Waals surface area contributed by atoms with E-state index in [0.29, 0.717) is 0 Å². The predicted molar refractivity (Wildman–Crippen MR) is 54.6 cm³/mol. The Morgan fingerprint density at radius 3 is 2.56 bits per heavy atom. The summed E-state index contributed by atoms with van der Waals surface area (Å²) in [7, 11) is 0. The molecule has 0 radical (unpaired) electrons. The minimum Gasteiger partial charge on any atom is -0.481 e. The van der Waals surface area contributed by atoms with Gasteiger partial charge in [-0.25, -0.2) is 4.98 Å². The van der Waals surface area contributed by atoms with Gasteiger partial charge in [0.2, 0.25) is 5.88 Å². The zero-order chi connectivity index (χ0) is 13.9. The first-order valence-electron chi connectivity index (χ1n) is 4.69. The van der Waals surface area contributed by atoms with Crippen molar-refractivity contribution in [3.05, 3.63) is 17.3 Å². The number of ether oxygens (including phenoxy) is 1. The maximum Gasteiger partial charge on any atom is 0.574 e. The molecule has 0 aliphatic rings. The minimum atomic E-state index is -4.92. The van der Waals surface area contributed by atoms with Gasteiger partial charge in [-0.1, -0.05) is 0 Å². The van der Waals surface area contributed by atoms with E-state index in [9.17, 15) is 18.0 Å². The molecule has 1 aromatic heterocycles. The summed E-state index contributed by atoms with van der Waals surface area (Å²) in [6, 6.07) is 0.925. The van der Waals surface area contributed by atoms with E-state index < -0.39 is 24.6 Å². The molecule has 0 amide bonds. The lowest BCUT2D eigenvalue weighted by Gasteiger charge is -2.13. The van der Waals surface area contributed by atoms with E-state index in [1.54, 1.807) is 0 Å². The highest BCUT2D eigenvalue weighted by molar-refractivity contribution is 5.72. The van der Waals surface area contributed by atoms with Gasteiger partial charge in [0.1, 0.15) is 0 Å². The van der Waals surface area contributed by atoms with Gasteiger partial charge in [0, 0.05) is 12.6 Å². The third-order valence-electron chi connectivity index (χ3n) is 1.96. The molecular weight excluding hydrogens is 255 g/mol. The molecule has 0 fully saturated rings. The van der Waals surface area contributed by atoms with E-state index in [4.69, 9.17) is 16.6 Å². The van der Waals surface area contributed by atoms with E-state index in [2.05, 4.69) is 9.72 Å². The molecule has 100 valence electrons. The highest BCUT2D eigenvalue weighted by Crippen LogP contribution is 2.26. The molecule has 0 spiro atoms. The number of nitrogens with zero attached hydrogens (tertiary/aromatic N) is 1. The van der Waals surface area contributed by atoms with Gasteiger partial charge in [-0.3, -0.25) is 4.79 Å². The van der Waals surface area contributed by atoms with Crippen molar-refractivity contribution in [2.75, 3.05) is 5.73 Å². The summed E-state index contributed by atoms with van der Waals surface area (Å²) >= 11 is 0. The quantitative estimate of drug-likeness (QED) is 0.736. The van der Waals surface area contributed by atoms with Crippen LogP contribution in [0.3, 0.4) is 0 Å². The van der Waals surface area contributed by atoms with Crippen LogP contribution in [-0.4, -0.2) is 22.4 Å². The smallest absolute Gasteiger partial charge is 0.481 e. The first-order chi connectivity index (χ1) is 8.23. The number of nitrogens with two attached hydrogens (primary N) is 2. The number of halogens is 3. The minimum absolute atomic E-state index is 0.0468. The summed E-state index contributed by atoms with van der Waals surface area (Å²) in [6.07, 6.45) is -5.54. The molecule has 0 aliphatic carbocycles. The maximum absolute atomic E-state index is 12.0. The van der Waals surface area contributed by atoms with Crippen LogP contribution in [-0.2, 0) is 17.8 Å². The Morgan fingerprint density at radius 2 is 2.11 bits per heavy atom. The number of carboxylic acid groups (broad SMARTS) is 1.